The first kappa shape index (κ1) is 11.4. The topological polar surface area (TPSA) is 38.7 Å². The van der Waals surface area contributed by atoms with Crippen LogP contribution in [-0.2, 0) is 9.47 Å². The van der Waals surface area contributed by atoms with Crippen LogP contribution in [-0.4, -0.2) is 30.7 Å². The fourth-order valence-electron chi connectivity index (χ4n) is 0.631. The minimum atomic E-state index is -0.587. The van der Waals surface area contributed by atoms with Crippen molar-refractivity contribution in [2.24, 2.45) is 0 Å². The number of hydrogen-bond acceptors (Lipinski definition) is 3. The lowest BCUT2D eigenvalue weighted by Gasteiger charge is -2.09. The van der Waals surface area contributed by atoms with Crippen molar-refractivity contribution in [1.29, 1.82) is 0 Å². The summed E-state index contributed by atoms with van der Waals surface area (Å²) in [6.07, 6.45) is -0.811. The number of hydrogen-bond donors (Lipinski definition) is 1. The minimum absolute atomic E-state index is 0.224. The molecule has 0 heterocycles. The molecule has 0 aliphatic rings. The van der Waals surface area contributed by atoms with Gasteiger partial charge in [0.25, 0.3) is 0 Å². The predicted octanol–water partition coefficient (Wildman–Crippen LogP) is 0.770. The Bertz CT molecular complexity index is 155. The first-order valence-corrected chi connectivity index (χ1v) is 4.06. The third-order valence-electron chi connectivity index (χ3n) is 1.10. The summed E-state index contributed by atoms with van der Waals surface area (Å²) in [5.74, 6) is 5.24. The van der Waals surface area contributed by atoms with Crippen LogP contribution in [0.2, 0.25) is 0 Å². The normalized spacial score (nSPS) is 14.7. The van der Waals surface area contributed by atoms with E-state index in [0.717, 1.165) is 0 Å². The van der Waals surface area contributed by atoms with E-state index in [9.17, 15) is 0 Å². The van der Waals surface area contributed by atoms with E-state index in [1.54, 1.807) is 6.92 Å². The second-order valence-corrected chi connectivity index (χ2v) is 2.33. The monoisotopic (exact) mass is 172 g/mol. The van der Waals surface area contributed by atoms with Gasteiger partial charge in [0.2, 0.25) is 0 Å². The zero-order chi connectivity index (χ0) is 9.40. The molecule has 0 spiro atoms. The fraction of sp³-hybridized carbons (Fsp3) is 0.778. The van der Waals surface area contributed by atoms with Gasteiger partial charge in [-0.25, -0.2) is 0 Å². The minimum Gasteiger partial charge on any atom is -0.381 e. The molecule has 2 atom stereocenters. The molecule has 0 aromatic rings. The van der Waals surface area contributed by atoms with E-state index in [1.165, 1.54) is 0 Å². The van der Waals surface area contributed by atoms with Crippen molar-refractivity contribution >= 4 is 0 Å². The lowest BCUT2D eigenvalue weighted by atomic mass is 10.4. The molecule has 2 unspecified atom stereocenters. The van der Waals surface area contributed by atoms with E-state index < -0.39 is 6.10 Å². The summed E-state index contributed by atoms with van der Waals surface area (Å²) in [6.45, 7) is 6.25. The Hall–Kier alpha value is -0.560. The van der Waals surface area contributed by atoms with Gasteiger partial charge in [0.1, 0.15) is 12.7 Å². The van der Waals surface area contributed by atoms with Crippen molar-refractivity contribution in [1.82, 2.24) is 0 Å². The molecule has 0 saturated carbocycles. The number of aliphatic hydroxyl groups excluding tert-OH is 1. The lowest BCUT2D eigenvalue weighted by Crippen LogP contribution is -2.12. The van der Waals surface area contributed by atoms with Crippen LogP contribution in [0.1, 0.15) is 20.8 Å². The Morgan fingerprint density at radius 3 is 2.50 bits per heavy atom. The summed E-state index contributed by atoms with van der Waals surface area (Å²) in [5.41, 5.74) is 0. The van der Waals surface area contributed by atoms with Crippen molar-refractivity contribution in [2.45, 2.75) is 33.2 Å². The van der Waals surface area contributed by atoms with E-state index >= 15 is 0 Å². The maximum absolute atomic E-state index is 8.76. The van der Waals surface area contributed by atoms with Gasteiger partial charge in [-0.1, -0.05) is 11.8 Å². The van der Waals surface area contributed by atoms with Gasteiger partial charge in [0, 0.05) is 6.61 Å². The molecule has 0 rings (SSSR count). The number of aliphatic hydroxyl groups is 1. The molecule has 70 valence electrons. The van der Waals surface area contributed by atoms with Gasteiger partial charge in [-0.2, -0.15) is 0 Å². The average molecular weight is 172 g/mol. The van der Waals surface area contributed by atoms with Crippen LogP contribution in [0.25, 0.3) is 0 Å². The molecule has 3 heteroatoms. The van der Waals surface area contributed by atoms with Gasteiger partial charge in [-0.05, 0) is 20.8 Å². The summed E-state index contributed by atoms with van der Waals surface area (Å²) in [7, 11) is 0. The smallest absolute Gasteiger partial charge is 0.156 e. The highest BCUT2D eigenvalue weighted by Crippen LogP contribution is 1.91. The second-order valence-electron chi connectivity index (χ2n) is 2.33. The van der Waals surface area contributed by atoms with Gasteiger partial charge in [0.15, 0.2) is 6.29 Å². The van der Waals surface area contributed by atoms with Crippen molar-refractivity contribution in [2.75, 3.05) is 13.2 Å². The third-order valence-corrected chi connectivity index (χ3v) is 1.10. The van der Waals surface area contributed by atoms with Gasteiger partial charge in [0.05, 0.1) is 0 Å². The maximum atomic E-state index is 8.76. The number of ether oxygens (including phenoxy) is 2. The van der Waals surface area contributed by atoms with E-state index in [2.05, 4.69) is 11.8 Å². The first-order valence-electron chi connectivity index (χ1n) is 4.06. The maximum Gasteiger partial charge on any atom is 0.156 e. The molecule has 0 aliphatic heterocycles. The molecule has 1 N–H and O–H groups in total. The van der Waals surface area contributed by atoms with E-state index in [0.29, 0.717) is 13.2 Å². The molecule has 0 aromatic heterocycles. The van der Waals surface area contributed by atoms with Crippen LogP contribution in [0.15, 0.2) is 0 Å². The Morgan fingerprint density at radius 1 is 1.33 bits per heavy atom. The summed E-state index contributed by atoms with van der Waals surface area (Å²) in [5, 5.41) is 8.76. The van der Waals surface area contributed by atoms with Crippen molar-refractivity contribution in [3.05, 3.63) is 0 Å². The van der Waals surface area contributed by atoms with E-state index in [-0.39, 0.29) is 6.29 Å². The number of rotatable bonds is 4. The van der Waals surface area contributed by atoms with Crippen LogP contribution in [0.5, 0.6) is 0 Å². The van der Waals surface area contributed by atoms with E-state index in [1.807, 2.05) is 13.8 Å². The molecule has 0 amide bonds. The molecule has 0 saturated heterocycles. The Kier molecular flexibility index (Phi) is 6.78. The SMILES string of the molecule is CCOC(C)OCC#CC(C)O. The van der Waals surface area contributed by atoms with Gasteiger partial charge >= 0.3 is 0 Å². The van der Waals surface area contributed by atoms with Crippen LogP contribution in [0.3, 0.4) is 0 Å². The summed E-state index contributed by atoms with van der Waals surface area (Å²) >= 11 is 0. The van der Waals surface area contributed by atoms with Crippen LogP contribution in [0.4, 0.5) is 0 Å². The lowest BCUT2D eigenvalue weighted by molar-refractivity contribution is -0.117. The highest BCUT2D eigenvalue weighted by molar-refractivity contribution is 5.03. The summed E-state index contributed by atoms with van der Waals surface area (Å²) in [6, 6.07) is 0. The van der Waals surface area contributed by atoms with Crippen molar-refractivity contribution in [3.63, 3.8) is 0 Å². The zero-order valence-corrected chi connectivity index (χ0v) is 7.83. The molecule has 12 heavy (non-hydrogen) atoms. The average Bonchev–Trinajstić information content (AvgIpc) is 1.98. The van der Waals surface area contributed by atoms with E-state index in [4.69, 9.17) is 14.6 Å². The Morgan fingerprint density at radius 2 is 2.00 bits per heavy atom. The zero-order valence-electron chi connectivity index (χ0n) is 7.83. The van der Waals surface area contributed by atoms with Gasteiger partial charge in [-0.3, -0.25) is 0 Å². The third kappa shape index (κ3) is 7.55. The molecule has 0 aliphatic carbocycles. The largest absolute Gasteiger partial charge is 0.381 e. The second kappa shape index (κ2) is 7.11. The molecule has 3 nitrogen and oxygen atoms in total. The molecule has 0 aromatic carbocycles. The van der Waals surface area contributed by atoms with Crippen molar-refractivity contribution in [3.8, 4) is 11.8 Å². The highest BCUT2D eigenvalue weighted by atomic mass is 16.7. The molecular formula is C9H16O3. The standard InChI is InChI=1S/C9H16O3/c1-4-11-9(3)12-7-5-6-8(2)10/h8-10H,4,7H2,1-3H3. The first-order chi connectivity index (χ1) is 5.66. The Labute approximate surface area is 73.7 Å². The quantitative estimate of drug-likeness (QED) is 0.503. The van der Waals surface area contributed by atoms with Crippen LogP contribution < -0.4 is 0 Å². The molecule has 0 fully saturated rings. The molecule has 0 bridgehead atoms. The molecule has 0 radical (unpaired) electrons. The summed E-state index contributed by atoms with van der Waals surface area (Å²) in [4.78, 5) is 0. The van der Waals surface area contributed by atoms with Gasteiger partial charge in [-0.15, -0.1) is 0 Å². The predicted molar refractivity (Wildman–Crippen MR) is 46.5 cm³/mol. The fourth-order valence-corrected chi connectivity index (χ4v) is 0.631. The van der Waals surface area contributed by atoms with Crippen LogP contribution in [0, 0.1) is 11.8 Å². The van der Waals surface area contributed by atoms with Crippen LogP contribution >= 0.6 is 0 Å². The van der Waals surface area contributed by atoms with Crippen molar-refractivity contribution < 1.29 is 14.6 Å². The molecular weight excluding hydrogens is 156 g/mol. The summed E-state index contributed by atoms with van der Waals surface area (Å²) < 4.78 is 10.2. The Balaban J connectivity index is 3.38. The van der Waals surface area contributed by atoms with Gasteiger partial charge < -0.3 is 14.6 Å². The highest BCUT2D eigenvalue weighted by Gasteiger charge is 1.96.